The van der Waals surface area contributed by atoms with E-state index in [2.05, 4.69) is 22.1 Å². The molecule has 0 radical (unpaired) electrons. The number of carbonyl (C=O) groups is 1. The van der Waals surface area contributed by atoms with Gasteiger partial charge in [-0.1, -0.05) is 35.5 Å². The van der Waals surface area contributed by atoms with Crippen molar-refractivity contribution in [1.29, 1.82) is 0 Å². The van der Waals surface area contributed by atoms with Crippen LogP contribution in [0.5, 0.6) is 0 Å². The van der Waals surface area contributed by atoms with E-state index in [0.717, 1.165) is 30.9 Å². The molecular weight excluding hydrogens is 290 g/mol. The van der Waals surface area contributed by atoms with E-state index in [4.69, 9.17) is 4.52 Å². The lowest BCUT2D eigenvalue weighted by Gasteiger charge is -2.27. The summed E-state index contributed by atoms with van der Waals surface area (Å²) < 4.78 is 5.29. The molecule has 122 valence electrons. The molecule has 0 bridgehead atoms. The first-order valence-electron chi connectivity index (χ1n) is 8.29. The first-order valence-corrected chi connectivity index (χ1v) is 8.29. The fourth-order valence-electron chi connectivity index (χ4n) is 2.99. The molecule has 0 spiro atoms. The molecule has 2 heterocycles. The summed E-state index contributed by atoms with van der Waals surface area (Å²) in [5, 5.41) is 4.07. The molecule has 23 heavy (non-hydrogen) atoms. The molecule has 5 heteroatoms. The third kappa shape index (κ3) is 4.48. The van der Waals surface area contributed by atoms with Gasteiger partial charge in [-0.15, -0.1) is 0 Å². The number of Topliss-reactive ketones (excluding diaryl/α,β-unsaturated/α-hetero) is 1. The van der Waals surface area contributed by atoms with Crippen LogP contribution in [0.25, 0.3) is 0 Å². The Labute approximate surface area is 136 Å². The van der Waals surface area contributed by atoms with Gasteiger partial charge < -0.3 is 9.42 Å². The molecule has 5 nitrogen and oxygen atoms in total. The smallest absolute Gasteiger partial charge is 0.227 e. The highest BCUT2D eigenvalue weighted by Gasteiger charge is 2.19. The van der Waals surface area contributed by atoms with Crippen LogP contribution < -0.4 is 0 Å². The van der Waals surface area contributed by atoms with Crippen LogP contribution in [0.2, 0.25) is 0 Å². The molecule has 3 rings (SSSR count). The summed E-state index contributed by atoms with van der Waals surface area (Å²) in [4.78, 5) is 18.9. The molecule has 2 aromatic rings. The lowest BCUT2D eigenvalue weighted by Crippen LogP contribution is -2.31. The average Bonchev–Trinajstić information content (AvgIpc) is 3.03. The molecule has 1 aliphatic heterocycles. The topological polar surface area (TPSA) is 59.2 Å². The summed E-state index contributed by atoms with van der Waals surface area (Å²) in [5.41, 5.74) is 0.735. The first-order chi connectivity index (χ1) is 11.2. The zero-order chi connectivity index (χ0) is 16.1. The van der Waals surface area contributed by atoms with Crippen LogP contribution in [-0.2, 0) is 12.8 Å². The molecule has 1 fully saturated rings. The van der Waals surface area contributed by atoms with E-state index in [0.29, 0.717) is 24.7 Å². The number of likely N-dealkylation sites (tertiary alicyclic amines) is 1. The zero-order valence-corrected chi connectivity index (χ0v) is 13.6. The second-order valence-corrected chi connectivity index (χ2v) is 6.34. The number of hydrogen-bond donors (Lipinski definition) is 0. The van der Waals surface area contributed by atoms with Crippen LogP contribution in [0.4, 0.5) is 0 Å². The molecule has 0 N–H and O–H groups in total. The molecule has 1 aromatic heterocycles. The molecule has 0 aliphatic carbocycles. The summed E-state index contributed by atoms with van der Waals surface area (Å²) >= 11 is 0. The van der Waals surface area contributed by atoms with Crippen molar-refractivity contribution in [1.82, 2.24) is 15.0 Å². The van der Waals surface area contributed by atoms with Gasteiger partial charge in [0, 0.05) is 24.8 Å². The predicted octanol–water partition coefficient (Wildman–Crippen LogP) is 2.77. The second kappa shape index (κ2) is 7.51. The van der Waals surface area contributed by atoms with Crippen molar-refractivity contribution in [2.24, 2.45) is 5.92 Å². The van der Waals surface area contributed by atoms with E-state index in [9.17, 15) is 4.79 Å². The summed E-state index contributed by atoms with van der Waals surface area (Å²) in [5.74, 6) is 2.10. The van der Waals surface area contributed by atoms with Gasteiger partial charge in [0.2, 0.25) is 5.89 Å². The molecule has 0 amide bonds. The standard InChI is InChI=1S/C18H23N3O2/c1-21-11-9-14(10-12-21)13-17-19-18(23-20-17)8-7-16(22)15-5-3-2-4-6-15/h2-6,14H,7-13H2,1H3. The van der Waals surface area contributed by atoms with Crippen LogP contribution in [0.3, 0.4) is 0 Å². The second-order valence-electron chi connectivity index (χ2n) is 6.34. The van der Waals surface area contributed by atoms with Crippen LogP contribution in [0.1, 0.15) is 41.3 Å². The van der Waals surface area contributed by atoms with Gasteiger partial charge in [0.1, 0.15) is 0 Å². The maximum Gasteiger partial charge on any atom is 0.227 e. The van der Waals surface area contributed by atoms with E-state index in [-0.39, 0.29) is 5.78 Å². The van der Waals surface area contributed by atoms with E-state index in [1.165, 1.54) is 12.8 Å². The van der Waals surface area contributed by atoms with Gasteiger partial charge >= 0.3 is 0 Å². The minimum absolute atomic E-state index is 0.112. The minimum Gasteiger partial charge on any atom is -0.339 e. The maximum absolute atomic E-state index is 12.1. The summed E-state index contributed by atoms with van der Waals surface area (Å²) in [6.07, 6.45) is 4.16. The number of hydrogen-bond acceptors (Lipinski definition) is 5. The zero-order valence-electron chi connectivity index (χ0n) is 13.6. The Balaban J connectivity index is 1.48. The highest BCUT2D eigenvalue weighted by molar-refractivity contribution is 5.96. The van der Waals surface area contributed by atoms with Gasteiger partial charge in [0.05, 0.1) is 0 Å². The molecule has 0 atom stereocenters. The first kappa shape index (κ1) is 15.9. The van der Waals surface area contributed by atoms with Crippen molar-refractivity contribution < 1.29 is 9.32 Å². The molecule has 0 unspecified atom stereocenters. The number of carbonyl (C=O) groups excluding carboxylic acids is 1. The Bertz CT molecular complexity index is 631. The number of aromatic nitrogens is 2. The van der Waals surface area contributed by atoms with Crippen LogP contribution >= 0.6 is 0 Å². The van der Waals surface area contributed by atoms with E-state index >= 15 is 0 Å². The normalized spacial score (nSPS) is 16.6. The molecule has 1 saturated heterocycles. The molecule has 0 saturated carbocycles. The van der Waals surface area contributed by atoms with E-state index in [1.54, 1.807) is 0 Å². The SMILES string of the molecule is CN1CCC(Cc2noc(CCC(=O)c3ccccc3)n2)CC1. The Morgan fingerprint density at radius 3 is 2.74 bits per heavy atom. The quantitative estimate of drug-likeness (QED) is 0.768. The summed E-state index contributed by atoms with van der Waals surface area (Å²) in [6.45, 7) is 2.28. The van der Waals surface area contributed by atoms with Crippen molar-refractivity contribution in [3.8, 4) is 0 Å². The van der Waals surface area contributed by atoms with Gasteiger partial charge in [0.15, 0.2) is 11.6 Å². The highest BCUT2D eigenvalue weighted by Crippen LogP contribution is 2.19. The Hall–Kier alpha value is -2.01. The third-order valence-electron chi connectivity index (χ3n) is 4.48. The summed E-state index contributed by atoms with van der Waals surface area (Å²) in [7, 11) is 2.16. The predicted molar refractivity (Wildman–Crippen MR) is 87.3 cm³/mol. The number of rotatable bonds is 6. The minimum atomic E-state index is 0.112. The number of ketones is 1. The molecule has 1 aromatic carbocycles. The van der Waals surface area contributed by atoms with Crippen LogP contribution in [0, 0.1) is 5.92 Å². The maximum atomic E-state index is 12.1. The Morgan fingerprint density at radius 2 is 2.00 bits per heavy atom. The van der Waals surface area contributed by atoms with E-state index in [1.807, 2.05) is 30.3 Å². The Kier molecular flexibility index (Phi) is 5.18. The molecule has 1 aliphatic rings. The van der Waals surface area contributed by atoms with Crippen molar-refractivity contribution in [3.63, 3.8) is 0 Å². The number of nitrogens with zero attached hydrogens (tertiary/aromatic N) is 3. The van der Waals surface area contributed by atoms with Gasteiger partial charge in [-0.25, -0.2) is 0 Å². The average molecular weight is 313 g/mol. The fraction of sp³-hybridized carbons (Fsp3) is 0.500. The van der Waals surface area contributed by atoms with Gasteiger partial charge in [-0.05, 0) is 38.9 Å². The number of benzene rings is 1. The molecular formula is C18H23N3O2. The third-order valence-corrected chi connectivity index (χ3v) is 4.48. The number of piperidine rings is 1. The van der Waals surface area contributed by atoms with Crippen molar-refractivity contribution in [2.45, 2.75) is 32.1 Å². The van der Waals surface area contributed by atoms with Crippen LogP contribution in [0.15, 0.2) is 34.9 Å². The van der Waals surface area contributed by atoms with Crippen molar-refractivity contribution in [3.05, 3.63) is 47.6 Å². The highest BCUT2D eigenvalue weighted by atomic mass is 16.5. The lowest BCUT2D eigenvalue weighted by molar-refractivity contribution is 0.0979. The van der Waals surface area contributed by atoms with E-state index < -0.39 is 0 Å². The number of aryl methyl sites for hydroxylation is 1. The monoisotopic (exact) mass is 313 g/mol. The van der Waals surface area contributed by atoms with Crippen LogP contribution in [-0.4, -0.2) is 41.0 Å². The van der Waals surface area contributed by atoms with Gasteiger partial charge in [-0.2, -0.15) is 4.98 Å². The van der Waals surface area contributed by atoms with Crippen molar-refractivity contribution >= 4 is 5.78 Å². The van der Waals surface area contributed by atoms with Crippen molar-refractivity contribution in [2.75, 3.05) is 20.1 Å². The Morgan fingerprint density at radius 1 is 1.26 bits per heavy atom. The lowest BCUT2D eigenvalue weighted by atomic mass is 9.94. The fourth-order valence-corrected chi connectivity index (χ4v) is 2.99. The van der Waals surface area contributed by atoms with Gasteiger partial charge in [0.25, 0.3) is 0 Å². The summed E-state index contributed by atoms with van der Waals surface area (Å²) in [6, 6.07) is 9.33. The largest absolute Gasteiger partial charge is 0.339 e. The van der Waals surface area contributed by atoms with Gasteiger partial charge in [-0.3, -0.25) is 4.79 Å².